The van der Waals surface area contributed by atoms with Gasteiger partial charge in [-0.05, 0) is 62.0 Å². The number of carbonyl (C=O) groups is 2. The van der Waals surface area contributed by atoms with E-state index in [4.69, 9.17) is 0 Å². The maximum Gasteiger partial charge on any atom is 0.253 e. The average molecular weight is 315 g/mol. The van der Waals surface area contributed by atoms with Crippen LogP contribution in [-0.4, -0.2) is 61.9 Å². The molecule has 0 aromatic heterocycles. The lowest BCUT2D eigenvalue weighted by atomic mass is 9.92. The first-order valence-electron chi connectivity index (χ1n) is 8.38. The standard InChI is InChI=1S/C18H25N3O2/c1-20(2)17(22)13-3-5-14(6-4-13)18(23)21-9-7-15-11-19-12-16(15)8-10-21/h3-6,15-16,19H,7-12H2,1-2H3/t15-,16+. The van der Waals surface area contributed by atoms with Gasteiger partial charge in [-0.2, -0.15) is 0 Å². The van der Waals surface area contributed by atoms with Gasteiger partial charge in [0.15, 0.2) is 0 Å². The molecule has 1 aromatic carbocycles. The summed E-state index contributed by atoms with van der Waals surface area (Å²) in [6.07, 6.45) is 2.17. The first kappa shape index (κ1) is 16.0. The Morgan fingerprint density at radius 3 is 2.04 bits per heavy atom. The molecule has 0 saturated carbocycles. The summed E-state index contributed by atoms with van der Waals surface area (Å²) in [5.74, 6) is 1.47. The minimum atomic E-state index is -0.0425. The molecule has 5 heteroatoms. The lowest BCUT2D eigenvalue weighted by molar-refractivity contribution is 0.0756. The number of likely N-dealkylation sites (tertiary alicyclic amines) is 1. The van der Waals surface area contributed by atoms with Crippen LogP contribution in [0.3, 0.4) is 0 Å². The van der Waals surface area contributed by atoms with E-state index in [1.165, 1.54) is 0 Å². The first-order chi connectivity index (χ1) is 11.1. The molecule has 0 aliphatic carbocycles. The van der Waals surface area contributed by atoms with Gasteiger partial charge in [0.2, 0.25) is 0 Å². The van der Waals surface area contributed by atoms with Crippen molar-refractivity contribution in [1.82, 2.24) is 15.1 Å². The second-order valence-electron chi connectivity index (χ2n) is 6.82. The van der Waals surface area contributed by atoms with E-state index in [9.17, 15) is 9.59 Å². The van der Waals surface area contributed by atoms with E-state index in [2.05, 4.69) is 5.32 Å². The van der Waals surface area contributed by atoms with Crippen LogP contribution in [0.25, 0.3) is 0 Å². The summed E-state index contributed by atoms with van der Waals surface area (Å²) in [6.45, 7) is 3.85. The highest BCUT2D eigenvalue weighted by Crippen LogP contribution is 2.27. The predicted octanol–water partition coefficient (Wildman–Crippen LogP) is 1.46. The van der Waals surface area contributed by atoms with Gasteiger partial charge in [-0.25, -0.2) is 0 Å². The van der Waals surface area contributed by atoms with Crippen molar-refractivity contribution in [3.63, 3.8) is 0 Å². The highest BCUT2D eigenvalue weighted by atomic mass is 16.2. The van der Waals surface area contributed by atoms with Gasteiger partial charge in [0.1, 0.15) is 0 Å². The van der Waals surface area contributed by atoms with E-state index in [1.54, 1.807) is 43.3 Å². The van der Waals surface area contributed by atoms with E-state index in [0.29, 0.717) is 23.0 Å². The summed E-state index contributed by atoms with van der Waals surface area (Å²) in [4.78, 5) is 28.1. The van der Waals surface area contributed by atoms with E-state index in [0.717, 1.165) is 39.0 Å². The molecule has 2 amide bonds. The maximum atomic E-state index is 12.7. The maximum absolute atomic E-state index is 12.7. The average Bonchev–Trinajstić information content (AvgIpc) is 2.92. The van der Waals surface area contributed by atoms with E-state index in [1.807, 2.05) is 4.90 Å². The Morgan fingerprint density at radius 2 is 1.52 bits per heavy atom. The first-order valence-corrected chi connectivity index (χ1v) is 8.38. The molecule has 0 spiro atoms. The van der Waals surface area contributed by atoms with Crippen LogP contribution in [0.2, 0.25) is 0 Å². The third kappa shape index (κ3) is 3.39. The fourth-order valence-electron chi connectivity index (χ4n) is 3.62. The van der Waals surface area contributed by atoms with Gasteiger partial charge in [0.25, 0.3) is 11.8 Å². The summed E-state index contributed by atoms with van der Waals surface area (Å²) < 4.78 is 0. The van der Waals surface area contributed by atoms with Crippen molar-refractivity contribution in [2.24, 2.45) is 11.8 Å². The molecule has 1 N–H and O–H groups in total. The molecule has 2 atom stereocenters. The molecule has 23 heavy (non-hydrogen) atoms. The van der Waals surface area contributed by atoms with Gasteiger partial charge < -0.3 is 15.1 Å². The smallest absolute Gasteiger partial charge is 0.253 e. The quantitative estimate of drug-likeness (QED) is 0.899. The van der Waals surface area contributed by atoms with Crippen LogP contribution in [0, 0.1) is 11.8 Å². The molecule has 0 bridgehead atoms. The Hall–Kier alpha value is -1.88. The number of rotatable bonds is 2. The van der Waals surface area contributed by atoms with Gasteiger partial charge in [0.05, 0.1) is 0 Å². The third-order valence-electron chi connectivity index (χ3n) is 5.09. The Bertz CT molecular complexity index is 568. The van der Waals surface area contributed by atoms with Crippen LogP contribution in [0.5, 0.6) is 0 Å². The Kier molecular flexibility index (Phi) is 4.66. The Labute approximate surface area is 137 Å². The van der Waals surface area contributed by atoms with Gasteiger partial charge in [-0.3, -0.25) is 9.59 Å². The van der Waals surface area contributed by atoms with Crippen molar-refractivity contribution >= 4 is 11.8 Å². The molecule has 124 valence electrons. The predicted molar refractivity (Wildman–Crippen MR) is 89.4 cm³/mol. The van der Waals surface area contributed by atoms with Gasteiger partial charge in [-0.1, -0.05) is 0 Å². The number of nitrogens with one attached hydrogen (secondary N) is 1. The molecule has 2 aliphatic heterocycles. The molecular weight excluding hydrogens is 290 g/mol. The summed E-state index contributed by atoms with van der Waals surface area (Å²) in [6, 6.07) is 7.02. The number of nitrogens with zero attached hydrogens (tertiary/aromatic N) is 2. The van der Waals surface area contributed by atoms with Crippen LogP contribution < -0.4 is 5.32 Å². The van der Waals surface area contributed by atoms with Crippen LogP contribution >= 0.6 is 0 Å². The highest BCUT2D eigenvalue weighted by Gasteiger charge is 2.31. The lowest BCUT2D eigenvalue weighted by Crippen LogP contribution is -2.32. The van der Waals surface area contributed by atoms with Crippen molar-refractivity contribution < 1.29 is 9.59 Å². The van der Waals surface area contributed by atoms with E-state index < -0.39 is 0 Å². The van der Waals surface area contributed by atoms with E-state index in [-0.39, 0.29) is 11.8 Å². The molecule has 5 nitrogen and oxygen atoms in total. The fraction of sp³-hybridized carbons (Fsp3) is 0.556. The minimum Gasteiger partial charge on any atom is -0.345 e. The number of fused-ring (bicyclic) bond motifs is 1. The zero-order chi connectivity index (χ0) is 16.4. The second kappa shape index (κ2) is 6.71. The van der Waals surface area contributed by atoms with Crippen LogP contribution in [0.4, 0.5) is 0 Å². The molecule has 2 fully saturated rings. The Balaban J connectivity index is 1.67. The van der Waals surface area contributed by atoms with E-state index >= 15 is 0 Å². The summed E-state index contributed by atoms with van der Waals surface area (Å²) in [5.41, 5.74) is 1.29. The second-order valence-corrected chi connectivity index (χ2v) is 6.82. The molecule has 3 rings (SSSR count). The van der Waals surface area contributed by atoms with Crippen molar-refractivity contribution in [2.75, 3.05) is 40.3 Å². The summed E-state index contributed by atoms with van der Waals surface area (Å²) in [5, 5.41) is 3.45. The van der Waals surface area contributed by atoms with Gasteiger partial charge in [-0.15, -0.1) is 0 Å². The number of amides is 2. The SMILES string of the molecule is CN(C)C(=O)c1ccc(C(=O)N2CC[C@@H]3CNC[C@@H]3CC2)cc1. The number of hydrogen-bond acceptors (Lipinski definition) is 3. The largest absolute Gasteiger partial charge is 0.345 e. The zero-order valence-corrected chi connectivity index (χ0v) is 13.9. The fourth-order valence-corrected chi connectivity index (χ4v) is 3.62. The third-order valence-corrected chi connectivity index (χ3v) is 5.09. The topological polar surface area (TPSA) is 52.7 Å². The molecule has 1 aromatic rings. The molecular formula is C18H25N3O2. The van der Waals surface area contributed by atoms with Crippen molar-refractivity contribution in [3.05, 3.63) is 35.4 Å². The zero-order valence-electron chi connectivity index (χ0n) is 13.9. The molecule has 2 aliphatic rings. The number of hydrogen-bond donors (Lipinski definition) is 1. The van der Waals surface area contributed by atoms with Crippen molar-refractivity contribution in [2.45, 2.75) is 12.8 Å². The van der Waals surface area contributed by atoms with Crippen LogP contribution in [-0.2, 0) is 0 Å². The minimum absolute atomic E-state index is 0.0425. The number of carbonyl (C=O) groups excluding carboxylic acids is 2. The molecule has 0 unspecified atom stereocenters. The number of benzene rings is 1. The molecule has 2 heterocycles. The monoisotopic (exact) mass is 315 g/mol. The van der Waals surface area contributed by atoms with Gasteiger partial charge in [0, 0.05) is 38.3 Å². The van der Waals surface area contributed by atoms with Crippen molar-refractivity contribution in [3.8, 4) is 0 Å². The van der Waals surface area contributed by atoms with Crippen LogP contribution in [0.1, 0.15) is 33.6 Å². The lowest BCUT2D eigenvalue weighted by Gasteiger charge is -2.21. The summed E-state index contributed by atoms with van der Waals surface area (Å²) >= 11 is 0. The molecule has 0 radical (unpaired) electrons. The van der Waals surface area contributed by atoms with Crippen LogP contribution in [0.15, 0.2) is 24.3 Å². The highest BCUT2D eigenvalue weighted by molar-refractivity contribution is 5.97. The summed E-state index contributed by atoms with van der Waals surface area (Å²) in [7, 11) is 3.45. The molecule has 2 saturated heterocycles. The Morgan fingerprint density at radius 1 is 1.00 bits per heavy atom. The van der Waals surface area contributed by atoms with Gasteiger partial charge >= 0.3 is 0 Å². The normalized spacial score (nSPS) is 24.0. The van der Waals surface area contributed by atoms with Crippen molar-refractivity contribution in [1.29, 1.82) is 0 Å².